The molecule has 2 aromatic rings. The van der Waals surface area contributed by atoms with Gasteiger partial charge in [-0.1, -0.05) is 12.1 Å². The van der Waals surface area contributed by atoms with Crippen molar-refractivity contribution in [2.45, 2.75) is 19.7 Å². The Morgan fingerprint density at radius 1 is 1.13 bits per heavy atom. The molecule has 0 saturated carbocycles. The van der Waals surface area contributed by atoms with E-state index in [1.807, 2.05) is 6.92 Å². The third-order valence-electron chi connectivity index (χ3n) is 2.89. The normalized spacial score (nSPS) is 11.2. The summed E-state index contributed by atoms with van der Waals surface area (Å²) in [5, 5.41) is 3.12. The number of halogens is 3. The van der Waals surface area contributed by atoms with Crippen molar-refractivity contribution in [3.63, 3.8) is 0 Å². The van der Waals surface area contributed by atoms with Crippen LogP contribution in [0.4, 0.5) is 19.0 Å². The van der Waals surface area contributed by atoms with Crippen LogP contribution in [0.5, 0.6) is 11.8 Å². The van der Waals surface area contributed by atoms with E-state index < -0.39 is 6.36 Å². The van der Waals surface area contributed by atoms with E-state index in [9.17, 15) is 13.2 Å². The molecule has 2 rings (SSSR count). The molecule has 0 unspecified atom stereocenters. The number of methoxy groups -OCH3 is 1. The van der Waals surface area contributed by atoms with Gasteiger partial charge in [0.05, 0.1) is 7.11 Å². The first-order valence-electron chi connectivity index (χ1n) is 6.84. The fourth-order valence-electron chi connectivity index (χ4n) is 1.92. The second kappa shape index (κ2) is 7.17. The van der Waals surface area contributed by atoms with Gasteiger partial charge in [-0.3, -0.25) is 0 Å². The summed E-state index contributed by atoms with van der Waals surface area (Å²) in [5.74, 6) is 0.400. The summed E-state index contributed by atoms with van der Waals surface area (Å²) in [4.78, 5) is 8.23. The van der Waals surface area contributed by atoms with Gasteiger partial charge >= 0.3 is 12.4 Å². The van der Waals surface area contributed by atoms with Crippen molar-refractivity contribution < 1.29 is 22.6 Å². The Balaban J connectivity index is 1.88. The number of anilines is 1. The highest BCUT2D eigenvalue weighted by Gasteiger charge is 2.30. The number of hydrogen-bond acceptors (Lipinski definition) is 5. The Kier molecular flexibility index (Phi) is 5.25. The standard InChI is InChI=1S/C15H16F3N3O2/c1-10-9-13(21-14(20-10)22-2)19-8-7-11-3-5-12(6-4-11)23-15(16,17)18/h3-6,9H,7-8H2,1-2H3,(H,19,20,21). The van der Waals surface area contributed by atoms with Crippen LogP contribution >= 0.6 is 0 Å². The molecule has 5 nitrogen and oxygen atoms in total. The Bertz CT molecular complexity index is 645. The van der Waals surface area contributed by atoms with Crippen molar-refractivity contribution in [3.8, 4) is 11.8 Å². The van der Waals surface area contributed by atoms with E-state index in [-0.39, 0.29) is 11.8 Å². The third-order valence-corrected chi connectivity index (χ3v) is 2.89. The Labute approximate surface area is 131 Å². The van der Waals surface area contributed by atoms with Crippen molar-refractivity contribution in [3.05, 3.63) is 41.6 Å². The van der Waals surface area contributed by atoms with Crippen molar-refractivity contribution in [1.29, 1.82) is 0 Å². The second-order valence-corrected chi connectivity index (χ2v) is 4.75. The lowest BCUT2D eigenvalue weighted by Crippen LogP contribution is -2.17. The van der Waals surface area contributed by atoms with Gasteiger partial charge < -0.3 is 14.8 Å². The molecule has 23 heavy (non-hydrogen) atoms. The molecule has 1 aromatic heterocycles. The van der Waals surface area contributed by atoms with Crippen molar-refractivity contribution in [1.82, 2.24) is 9.97 Å². The average molecular weight is 327 g/mol. The Hall–Kier alpha value is -2.51. The molecular weight excluding hydrogens is 311 g/mol. The fourth-order valence-corrected chi connectivity index (χ4v) is 1.92. The molecule has 124 valence electrons. The van der Waals surface area contributed by atoms with Crippen LogP contribution in [0.25, 0.3) is 0 Å². The molecular formula is C15H16F3N3O2. The minimum absolute atomic E-state index is 0.231. The molecule has 0 saturated heterocycles. The summed E-state index contributed by atoms with van der Waals surface area (Å²) in [7, 11) is 1.49. The van der Waals surface area contributed by atoms with Crippen LogP contribution in [0.2, 0.25) is 0 Å². The van der Waals surface area contributed by atoms with Crippen LogP contribution in [0.3, 0.4) is 0 Å². The van der Waals surface area contributed by atoms with Gasteiger partial charge in [-0.2, -0.15) is 4.98 Å². The van der Waals surface area contributed by atoms with E-state index in [4.69, 9.17) is 4.74 Å². The van der Waals surface area contributed by atoms with Crippen molar-refractivity contribution in [2.24, 2.45) is 0 Å². The SMILES string of the molecule is COc1nc(C)cc(NCCc2ccc(OC(F)(F)F)cc2)n1. The molecule has 1 heterocycles. The van der Waals surface area contributed by atoms with E-state index in [0.29, 0.717) is 18.8 Å². The molecule has 0 aliphatic carbocycles. The second-order valence-electron chi connectivity index (χ2n) is 4.75. The predicted octanol–water partition coefficient (Wildman–Crippen LogP) is 3.35. The van der Waals surface area contributed by atoms with Gasteiger partial charge in [-0.15, -0.1) is 13.2 Å². The molecule has 0 fully saturated rings. The van der Waals surface area contributed by atoms with Crippen molar-refractivity contribution >= 4 is 5.82 Å². The molecule has 0 radical (unpaired) electrons. The lowest BCUT2D eigenvalue weighted by molar-refractivity contribution is -0.274. The first-order chi connectivity index (χ1) is 10.9. The Morgan fingerprint density at radius 3 is 2.43 bits per heavy atom. The van der Waals surface area contributed by atoms with Crippen LogP contribution in [-0.2, 0) is 6.42 Å². The summed E-state index contributed by atoms with van der Waals surface area (Å²) >= 11 is 0. The van der Waals surface area contributed by atoms with Gasteiger partial charge in [0.25, 0.3) is 0 Å². The fraction of sp³-hybridized carbons (Fsp3) is 0.333. The van der Waals surface area contributed by atoms with Gasteiger partial charge in [-0.25, -0.2) is 4.98 Å². The quantitative estimate of drug-likeness (QED) is 0.882. The maximum atomic E-state index is 12.1. The van der Waals surface area contributed by atoms with Gasteiger partial charge in [-0.05, 0) is 31.0 Å². The number of nitrogens with one attached hydrogen (secondary N) is 1. The van der Waals surface area contributed by atoms with Crippen LogP contribution in [-0.4, -0.2) is 30.0 Å². The number of ether oxygens (including phenoxy) is 2. The first-order valence-corrected chi connectivity index (χ1v) is 6.84. The minimum atomic E-state index is -4.67. The number of alkyl halides is 3. The molecule has 0 spiro atoms. The largest absolute Gasteiger partial charge is 0.573 e. The van der Waals surface area contributed by atoms with E-state index in [0.717, 1.165) is 11.3 Å². The summed E-state index contributed by atoms with van der Waals surface area (Å²) in [6.45, 7) is 2.40. The maximum absolute atomic E-state index is 12.1. The monoisotopic (exact) mass is 327 g/mol. The molecule has 0 aliphatic heterocycles. The molecule has 0 amide bonds. The van der Waals surface area contributed by atoms with Gasteiger partial charge in [0.1, 0.15) is 11.6 Å². The predicted molar refractivity (Wildman–Crippen MR) is 78.6 cm³/mol. The highest BCUT2D eigenvalue weighted by molar-refractivity contribution is 5.37. The number of aryl methyl sites for hydroxylation is 1. The highest BCUT2D eigenvalue weighted by atomic mass is 19.4. The number of benzene rings is 1. The molecule has 0 bridgehead atoms. The minimum Gasteiger partial charge on any atom is -0.467 e. The van der Waals surface area contributed by atoms with Crippen LogP contribution < -0.4 is 14.8 Å². The first kappa shape index (κ1) is 16.9. The number of hydrogen-bond donors (Lipinski definition) is 1. The van der Waals surface area contributed by atoms with Gasteiger partial charge in [0.2, 0.25) is 0 Å². The van der Waals surface area contributed by atoms with Gasteiger partial charge in [0.15, 0.2) is 0 Å². The van der Waals surface area contributed by atoms with E-state index in [1.54, 1.807) is 18.2 Å². The Morgan fingerprint density at radius 2 is 1.83 bits per heavy atom. The van der Waals surface area contributed by atoms with E-state index >= 15 is 0 Å². The summed E-state index contributed by atoms with van der Waals surface area (Å²) < 4.78 is 45.0. The van der Waals surface area contributed by atoms with E-state index in [1.165, 1.54) is 19.2 Å². The molecule has 8 heteroatoms. The number of nitrogens with zero attached hydrogens (tertiary/aromatic N) is 2. The van der Waals surface area contributed by atoms with Crippen LogP contribution in [0.15, 0.2) is 30.3 Å². The summed E-state index contributed by atoms with van der Waals surface area (Å²) in [6, 6.07) is 7.83. The lowest BCUT2D eigenvalue weighted by atomic mass is 10.1. The van der Waals surface area contributed by atoms with Crippen LogP contribution in [0, 0.1) is 6.92 Å². The molecule has 0 aliphatic rings. The zero-order valence-electron chi connectivity index (χ0n) is 12.6. The molecule has 1 N–H and O–H groups in total. The van der Waals surface area contributed by atoms with E-state index in [2.05, 4.69) is 20.0 Å². The maximum Gasteiger partial charge on any atom is 0.573 e. The van der Waals surface area contributed by atoms with Crippen molar-refractivity contribution in [2.75, 3.05) is 19.0 Å². The molecule has 1 aromatic carbocycles. The zero-order chi connectivity index (χ0) is 16.9. The average Bonchev–Trinajstić information content (AvgIpc) is 2.47. The summed E-state index contributed by atoms with van der Waals surface area (Å²) in [5.41, 5.74) is 1.65. The highest BCUT2D eigenvalue weighted by Crippen LogP contribution is 2.22. The molecule has 0 atom stereocenters. The smallest absolute Gasteiger partial charge is 0.467 e. The summed E-state index contributed by atoms with van der Waals surface area (Å²) in [6.07, 6.45) is -4.05. The number of rotatable bonds is 6. The van der Waals surface area contributed by atoms with Crippen LogP contribution in [0.1, 0.15) is 11.3 Å². The topological polar surface area (TPSA) is 56.3 Å². The number of aromatic nitrogens is 2. The lowest BCUT2D eigenvalue weighted by Gasteiger charge is -2.10. The zero-order valence-corrected chi connectivity index (χ0v) is 12.6. The van der Waals surface area contributed by atoms with Gasteiger partial charge in [0, 0.05) is 18.3 Å². The third kappa shape index (κ3) is 5.65.